The molecule has 1 aromatic heterocycles. The highest BCUT2D eigenvalue weighted by Crippen LogP contribution is 2.13. The first-order chi connectivity index (χ1) is 7.15. The number of aromatic nitrogens is 2. The van der Waals surface area contributed by atoms with Gasteiger partial charge in [-0.2, -0.15) is 0 Å². The van der Waals surface area contributed by atoms with E-state index in [0.717, 1.165) is 31.6 Å². The highest BCUT2D eigenvalue weighted by molar-refractivity contribution is 5.04. The van der Waals surface area contributed by atoms with E-state index in [0.29, 0.717) is 0 Å². The molecule has 2 N–H and O–H groups in total. The maximum absolute atomic E-state index is 6.00. The van der Waals surface area contributed by atoms with Gasteiger partial charge in [-0.3, -0.25) is 0 Å². The first-order valence-electron chi connectivity index (χ1n) is 5.55. The highest BCUT2D eigenvalue weighted by Gasteiger charge is 2.08. The van der Waals surface area contributed by atoms with Crippen molar-refractivity contribution in [1.29, 1.82) is 0 Å². The normalized spacial score (nSPS) is 13.4. The van der Waals surface area contributed by atoms with Gasteiger partial charge in [0.25, 0.3) is 0 Å². The van der Waals surface area contributed by atoms with E-state index in [2.05, 4.69) is 35.5 Å². The first-order valence-corrected chi connectivity index (χ1v) is 5.55. The van der Waals surface area contributed by atoms with Crippen LogP contribution in [0.15, 0.2) is 12.5 Å². The largest absolute Gasteiger partial charge is 0.333 e. The van der Waals surface area contributed by atoms with Crippen LogP contribution >= 0.6 is 0 Å². The van der Waals surface area contributed by atoms with Crippen molar-refractivity contribution in [3.63, 3.8) is 0 Å². The van der Waals surface area contributed by atoms with E-state index < -0.39 is 0 Å². The number of rotatable bonds is 6. The van der Waals surface area contributed by atoms with Crippen molar-refractivity contribution in [2.24, 2.45) is 5.73 Å². The molecule has 0 aliphatic carbocycles. The van der Waals surface area contributed by atoms with Gasteiger partial charge in [0, 0.05) is 18.8 Å². The summed E-state index contributed by atoms with van der Waals surface area (Å²) >= 11 is 0. The summed E-state index contributed by atoms with van der Waals surface area (Å²) in [6.45, 7) is 4.20. The lowest BCUT2D eigenvalue weighted by Gasteiger charge is -2.14. The highest BCUT2D eigenvalue weighted by atomic mass is 15.1. The zero-order valence-electron chi connectivity index (χ0n) is 9.98. The van der Waals surface area contributed by atoms with Crippen molar-refractivity contribution in [3.05, 3.63) is 18.2 Å². The zero-order valence-corrected chi connectivity index (χ0v) is 9.98. The van der Waals surface area contributed by atoms with Gasteiger partial charge in [-0.05, 0) is 33.5 Å². The molecule has 0 amide bonds. The van der Waals surface area contributed by atoms with E-state index in [9.17, 15) is 0 Å². The smallest absolute Gasteiger partial charge is 0.0948 e. The van der Waals surface area contributed by atoms with Gasteiger partial charge in [0.1, 0.15) is 0 Å². The van der Waals surface area contributed by atoms with Crippen LogP contribution in [0.1, 0.15) is 31.5 Å². The van der Waals surface area contributed by atoms with Gasteiger partial charge in [-0.1, -0.05) is 6.92 Å². The van der Waals surface area contributed by atoms with Crippen LogP contribution in [0, 0.1) is 0 Å². The molecule has 0 aromatic carbocycles. The average molecular weight is 210 g/mol. The molecular weight excluding hydrogens is 188 g/mol. The Labute approximate surface area is 92.1 Å². The summed E-state index contributed by atoms with van der Waals surface area (Å²) < 4.78 is 2.16. The summed E-state index contributed by atoms with van der Waals surface area (Å²) in [4.78, 5) is 6.35. The van der Waals surface area contributed by atoms with E-state index >= 15 is 0 Å². The van der Waals surface area contributed by atoms with E-state index in [-0.39, 0.29) is 6.04 Å². The molecule has 0 unspecified atom stereocenters. The van der Waals surface area contributed by atoms with Crippen molar-refractivity contribution in [2.45, 2.75) is 32.4 Å². The van der Waals surface area contributed by atoms with Crippen molar-refractivity contribution in [1.82, 2.24) is 14.5 Å². The van der Waals surface area contributed by atoms with Crippen molar-refractivity contribution in [2.75, 3.05) is 20.6 Å². The molecule has 1 rings (SSSR count). The Bertz CT molecular complexity index is 280. The minimum atomic E-state index is 0.117. The van der Waals surface area contributed by atoms with Crippen LogP contribution in [0.25, 0.3) is 0 Å². The van der Waals surface area contributed by atoms with E-state index in [1.54, 1.807) is 0 Å². The lowest BCUT2D eigenvalue weighted by atomic mass is 10.2. The van der Waals surface area contributed by atoms with E-state index in [4.69, 9.17) is 5.73 Å². The Morgan fingerprint density at radius 2 is 2.27 bits per heavy atom. The number of nitrogens with two attached hydrogens (primary N) is 1. The maximum atomic E-state index is 6.00. The van der Waals surface area contributed by atoms with Crippen molar-refractivity contribution < 1.29 is 0 Å². The molecule has 4 heteroatoms. The van der Waals surface area contributed by atoms with Crippen LogP contribution < -0.4 is 5.73 Å². The third-order valence-corrected chi connectivity index (χ3v) is 2.57. The summed E-state index contributed by atoms with van der Waals surface area (Å²) in [5, 5.41) is 0. The van der Waals surface area contributed by atoms with Gasteiger partial charge < -0.3 is 15.2 Å². The number of hydrogen-bond acceptors (Lipinski definition) is 3. The number of aryl methyl sites for hydroxylation is 1. The van der Waals surface area contributed by atoms with Crippen molar-refractivity contribution in [3.8, 4) is 0 Å². The Morgan fingerprint density at radius 1 is 1.53 bits per heavy atom. The second-order valence-corrected chi connectivity index (χ2v) is 4.18. The van der Waals surface area contributed by atoms with Crippen LogP contribution in [0.2, 0.25) is 0 Å². The van der Waals surface area contributed by atoms with Gasteiger partial charge in [-0.15, -0.1) is 0 Å². The molecule has 0 aliphatic heterocycles. The number of imidazole rings is 1. The summed E-state index contributed by atoms with van der Waals surface area (Å²) in [5.41, 5.74) is 7.15. The SMILES string of the molecule is CC[C@@H](N)c1cncn1CCCN(C)C. The Morgan fingerprint density at radius 3 is 2.87 bits per heavy atom. The van der Waals surface area contributed by atoms with Gasteiger partial charge in [0.2, 0.25) is 0 Å². The standard InChI is InChI=1S/C11H22N4/c1-4-10(12)11-8-13-9-15(11)7-5-6-14(2)3/h8-10H,4-7,12H2,1-3H3/t10-/m1/s1. The molecule has 0 aliphatic rings. The second kappa shape index (κ2) is 5.88. The predicted molar refractivity (Wildman–Crippen MR) is 62.6 cm³/mol. The zero-order chi connectivity index (χ0) is 11.3. The van der Waals surface area contributed by atoms with Crippen molar-refractivity contribution >= 4 is 0 Å². The molecule has 1 heterocycles. The fourth-order valence-electron chi connectivity index (χ4n) is 1.59. The van der Waals surface area contributed by atoms with Crippen LogP contribution in [0.3, 0.4) is 0 Å². The molecule has 0 bridgehead atoms. The molecule has 0 saturated carbocycles. The minimum Gasteiger partial charge on any atom is -0.333 e. The maximum Gasteiger partial charge on any atom is 0.0948 e. The Hall–Kier alpha value is -0.870. The second-order valence-electron chi connectivity index (χ2n) is 4.18. The molecule has 0 saturated heterocycles. The first kappa shape index (κ1) is 12.2. The summed E-state index contributed by atoms with van der Waals surface area (Å²) in [6.07, 6.45) is 5.84. The summed E-state index contributed by atoms with van der Waals surface area (Å²) in [6, 6.07) is 0.117. The lowest BCUT2D eigenvalue weighted by Crippen LogP contribution is -2.18. The van der Waals surface area contributed by atoms with Crippen LogP contribution in [0.5, 0.6) is 0 Å². The molecule has 0 spiro atoms. The fourth-order valence-corrected chi connectivity index (χ4v) is 1.59. The van der Waals surface area contributed by atoms with Gasteiger partial charge >= 0.3 is 0 Å². The van der Waals surface area contributed by atoms with Crippen LogP contribution in [0.4, 0.5) is 0 Å². The molecular formula is C11H22N4. The monoisotopic (exact) mass is 210 g/mol. The Kier molecular flexibility index (Phi) is 4.78. The van der Waals surface area contributed by atoms with Gasteiger partial charge in [-0.25, -0.2) is 4.98 Å². The molecule has 1 aromatic rings. The number of nitrogens with zero attached hydrogens (tertiary/aromatic N) is 3. The average Bonchev–Trinajstić information content (AvgIpc) is 2.64. The molecule has 1 atom stereocenters. The van der Waals surface area contributed by atoms with Crippen LogP contribution in [-0.4, -0.2) is 35.1 Å². The third-order valence-electron chi connectivity index (χ3n) is 2.57. The molecule has 0 radical (unpaired) electrons. The third kappa shape index (κ3) is 3.64. The van der Waals surface area contributed by atoms with Gasteiger partial charge in [0.05, 0.1) is 12.0 Å². The lowest BCUT2D eigenvalue weighted by molar-refractivity contribution is 0.383. The number of hydrogen-bond donors (Lipinski definition) is 1. The van der Waals surface area contributed by atoms with Gasteiger partial charge in [0.15, 0.2) is 0 Å². The molecule has 86 valence electrons. The fraction of sp³-hybridized carbons (Fsp3) is 0.727. The molecule has 0 fully saturated rings. The van der Waals surface area contributed by atoms with E-state index in [1.165, 1.54) is 0 Å². The predicted octanol–water partition coefficient (Wildman–Crippen LogP) is 1.24. The van der Waals surface area contributed by atoms with Crippen LogP contribution in [-0.2, 0) is 6.54 Å². The quantitative estimate of drug-likeness (QED) is 0.768. The van der Waals surface area contributed by atoms with E-state index in [1.807, 2.05) is 12.5 Å². The minimum absolute atomic E-state index is 0.117. The summed E-state index contributed by atoms with van der Waals surface area (Å²) in [7, 11) is 4.18. The molecule has 4 nitrogen and oxygen atoms in total. The Balaban J connectivity index is 2.50. The topological polar surface area (TPSA) is 47.1 Å². The summed E-state index contributed by atoms with van der Waals surface area (Å²) in [5.74, 6) is 0. The molecule has 15 heavy (non-hydrogen) atoms.